The number of carbonyl (C=O) groups is 1. The molecule has 0 aliphatic carbocycles. The van der Waals surface area contributed by atoms with Crippen LogP contribution in [0, 0.1) is 0 Å². The lowest BCUT2D eigenvalue weighted by atomic mass is 10.0. The Kier molecular flexibility index (Phi) is 7.59. The minimum absolute atomic E-state index is 0.272. The molecular formula is C15H22ClNO3. The maximum Gasteiger partial charge on any atom is 0.315 e. The van der Waals surface area contributed by atoms with Crippen molar-refractivity contribution in [3.05, 3.63) is 34.9 Å². The summed E-state index contributed by atoms with van der Waals surface area (Å²) >= 11 is 5.81. The summed E-state index contributed by atoms with van der Waals surface area (Å²) in [6.07, 6.45) is 0. The summed E-state index contributed by atoms with van der Waals surface area (Å²) in [5.74, 6) is -1.05. The van der Waals surface area contributed by atoms with Crippen LogP contribution in [0.2, 0.25) is 5.02 Å². The van der Waals surface area contributed by atoms with E-state index in [-0.39, 0.29) is 6.61 Å². The third kappa shape index (κ3) is 5.12. The maximum absolute atomic E-state index is 12.0. The highest BCUT2D eigenvalue weighted by atomic mass is 35.5. The molecule has 0 unspecified atom stereocenters. The van der Waals surface area contributed by atoms with E-state index in [4.69, 9.17) is 16.3 Å². The van der Waals surface area contributed by atoms with Gasteiger partial charge in [0.15, 0.2) is 0 Å². The van der Waals surface area contributed by atoms with Gasteiger partial charge in [-0.25, -0.2) is 0 Å². The SMILES string of the molecule is CCN(CC)CCOC(=O)[C@H](CO)c1ccc(Cl)cc1. The first-order valence-corrected chi connectivity index (χ1v) is 7.25. The van der Waals surface area contributed by atoms with Gasteiger partial charge in [-0.05, 0) is 30.8 Å². The quantitative estimate of drug-likeness (QED) is 0.748. The number of carbonyl (C=O) groups excluding carboxylic acids is 1. The van der Waals surface area contributed by atoms with Crippen molar-refractivity contribution in [2.45, 2.75) is 19.8 Å². The molecule has 0 spiro atoms. The van der Waals surface area contributed by atoms with E-state index in [0.717, 1.165) is 13.1 Å². The minimum atomic E-state index is -0.649. The second kappa shape index (κ2) is 8.95. The molecular weight excluding hydrogens is 278 g/mol. The normalized spacial score (nSPS) is 12.4. The highest BCUT2D eigenvalue weighted by Gasteiger charge is 2.21. The molecule has 1 aromatic carbocycles. The van der Waals surface area contributed by atoms with Crippen LogP contribution in [0.5, 0.6) is 0 Å². The fourth-order valence-corrected chi connectivity index (χ4v) is 2.05. The zero-order valence-corrected chi connectivity index (χ0v) is 12.8. The molecule has 0 amide bonds. The molecule has 112 valence electrons. The lowest BCUT2D eigenvalue weighted by molar-refractivity contribution is -0.146. The molecule has 1 atom stereocenters. The molecule has 0 aliphatic heterocycles. The third-order valence-electron chi connectivity index (χ3n) is 3.29. The van der Waals surface area contributed by atoms with Crippen molar-refractivity contribution in [1.29, 1.82) is 0 Å². The predicted molar refractivity (Wildman–Crippen MR) is 80.0 cm³/mol. The number of esters is 1. The first kappa shape index (κ1) is 17.0. The van der Waals surface area contributed by atoms with Crippen LogP contribution in [0.4, 0.5) is 0 Å². The van der Waals surface area contributed by atoms with Crippen LogP contribution >= 0.6 is 11.6 Å². The molecule has 0 aliphatic rings. The van der Waals surface area contributed by atoms with Crippen molar-refractivity contribution < 1.29 is 14.6 Å². The fraction of sp³-hybridized carbons (Fsp3) is 0.533. The Morgan fingerprint density at radius 2 is 1.90 bits per heavy atom. The van der Waals surface area contributed by atoms with E-state index in [1.165, 1.54) is 0 Å². The van der Waals surface area contributed by atoms with Crippen molar-refractivity contribution in [3.63, 3.8) is 0 Å². The molecule has 0 heterocycles. The van der Waals surface area contributed by atoms with Gasteiger partial charge in [-0.2, -0.15) is 0 Å². The number of aliphatic hydroxyl groups excluding tert-OH is 1. The topological polar surface area (TPSA) is 49.8 Å². The number of nitrogens with zero attached hydrogens (tertiary/aromatic N) is 1. The number of benzene rings is 1. The van der Waals surface area contributed by atoms with E-state index in [2.05, 4.69) is 18.7 Å². The Hall–Kier alpha value is -1.10. The van der Waals surface area contributed by atoms with Gasteiger partial charge in [0.25, 0.3) is 0 Å². The predicted octanol–water partition coefficient (Wildman–Crippen LogP) is 2.30. The standard InChI is InChI=1S/C15H22ClNO3/c1-3-17(4-2)9-10-20-15(19)14(11-18)12-5-7-13(16)8-6-12/h5-8,14,18H,3-4,9-11H2,1-2H3/t14-/m1/s1. The van der Waals surface area contributed by atoms with Crippen molar-refractivity contribution in [2.75, 3.05) is 32.8 Å². The number of halogens is 1. The van der Waals surface area contributed by atoms with E-state index >= 15 is 0 Å². The van der Waals surface area contributed by atoms with Gasteiger partial charge in [-0.1, -0.05) is 37.6 Å². The largest absolute Gasteiger partial charge is 0.464 e. The Balaban J connectivity index is 2.53. The van der Waals surface area contributed by atoms with E-state index in [1.807, 2.05) is 0 Å². The lowest BCUT2D eigenvalue weighted by Gasteiger charge is -2.19. The monoisotopic (exact) mass is 299 g/mol. The summed E-state index contributed by atoms with van der Waals surface area (Å²) < 4.78 is 5.24. The van der Waals surface area contributed by atoms with Gasteiger partial charge in [0.2, 0.25) is 0 Å². The average molecular weight is 300 g/mol. The second-order valence-corrected chi connectivity index (χ2v) is 4.92. The Morgan fingerprint density at radius 3 is 2.40 bits per heavy atom. The van der Waals surface area contributed by atoms with Crippen LogP contribution in [-0.4, -0.2) is 48.8 Å². The average Bonchev–Trinajstić information content (AvgIpc) is 2.46. The number of likely N-dealkylation sites (N-methyl/N-ethyl adjacent to an activating group) is 1. The molecule has 20 heavy (non-hydrogen) atoms. The molecule has 1 rings (SSSR count). The molecule has 0 saturated carbocycles. The number of rotatable bonds is 8. The summed E-state index contributed by atoms with van der Waals surface area (Å²) in [5.41, 5.74) is 0.713. The van der Waals surface area contributed by atoms with Crippen molar-refractivity contribution in [1.82, 2.24) is 4.90 Å². The van der Waals surface area contributed by atoms with Crippen LogP contribution in [0.1, 0.15) is 25.3 Å². The van der Waals surface area contributed by atoms with Crippen LogP contribution in [-0.2, 0) is 9.53 Å². The Labute approximate surface area is 125 Å². The molecule has 1 aromatic rings. The van der Waals surface area contributed by atoms with Gasteiger partial charge >= 0.3 is 5.97 Å². The van der Waals surface area contributed by atoms with Crippen molar-refractivity contribution >= 4 is 17.6 Å². The minimum Gasteiger partial charge on any atom is -0.464 e. The lowest BCUT2D eigenvalue weighted by Crippen LogP contribution is -2.29. The highest BCUT2D eigenvalue weighted by Crippen LogP contribution is 2.19. The fourth-order valence-electron chi connectivity index (χ4n) is 1.93. The number of aliphatic hydroxyl groups is 1. The van der Waals surface area contributed by atoms with E-state index < -0.39 is 11.9 Å². The summed E-state index contributed by atoms with van der Waals surface area (Å²) in [5, 5.41) is 9.97. The number of ether oxygens (including phenoxy) is 1. The smallest absolute Gasteiger partial charge is 0.315 e. The van der Waals surface area contributed by atoms with Gasteiger partial charge in [-0.3, -0.25) is 4.79 Å². The molecule has 0 saturated heterocycles. The van der Waals surface area contributed by atoms with Crippen LogP contribution in [0.15, 0.2) is 24.3 Å². The Bertz CT molecular complexity index is 404. The van der Waals surface area contributed by atoms with Crippen LogP contribution < -0.4 is 0 Å². The van der Waals surface area contributed by atoms with Gasteiger partial charge in [0.1, 0.15) is 12.5 Å². The van der Waals surface area contributed by atoms with Crippen molar-refractivity contribution in [3.8, 4) is 0 Å². The molecule has 0 fully saturated rings. The summed E-state index contributed by atoms with van der Waals surface area (Å²) in [6, 6.07) is 6.86. The van der Waals surface area contributed by atoms with E-state index in [1.54, 1.807) is 24.3 Å². The summed E-state index contributed by atoms with van der Waals surface area (Å²) in [4.78, 5) is 14.2. The third-order valence-corrected chi connectivity index (χ3v) is 3.54. The van der Waals surface area contributed by atoms with Gasteiger partial charge < -0.3 is 14.7 Å². The summed E-state index contributed by atoms with van der Waals surface area (Å²) in [7, 11) is 0. The second-order valence-electron chi connectivity index (χ2n) is 4.48. The van der Waals surface area contributed by atoms with E-state index in [0.29, 0.717) is 23.7 Å². The van der Waals surface area contributed by atoms with Crippen molar-refractivity contribution in [2.24, 2.45) is 0 Å². The molecule has 1 N–H and O–H groups in total. The Morgan fingerprint density at radius 1 is 1.30 bits per heavy atom. The van der Waals surface area contributed by atoms with Crippen LogP contribution in [0.25, 0.3) is 0 Å². The molecule has 0 bridgehead atoms. The van der Waals surface area contributed by atoms with Gasteiger partial charge in [-0.15, -0.1) is 0 Å². The number of hydrogen-bond acceptors (Lipinski definition) is 4. The molecule has 4 nitrogen and oxygen atoms in total. The van der Waals surface area contributed by atoms with E-state index in [9.17, 15) is 9.90 Å². The molecule has 0 radical (unpaired) electrons. The zero-order chi connectivity index (χ0) is 15.0. The first-order valence-electron chi connectivity index (χ1n) is 6.87. The first-order chi connectivity index (χ1) is 9.62. The molecule has 0 aromatic heterocycles. The maximum atomic E-state index is 12.0. The highest BCUT2D eigenvalue weighted by molar-refractivity contribution is 6.30. The summed E-state index contributed by atoms with van der Waals surface area (Å²) in [6.45, 7) is 6.75. The van der Waals surface area contributed by atoms with Crippen LogP contribution in [0.3, 0.4) is 0 Å². The van der Waals surface area contributed by atoms with Gasteiger partial charge in [0, 0.05) is 11.6 Å². The van der Waals surface area contributed by atoms with Gasteiger partial charge in [0.05, 0.1) is 6.61 Å². The molecule has 5 heteroatoms. The zero-order valence-electron chi connectivity index (χ0n) is 12.0. The number of hydrogen-bond donors (Lipinski definition) is 1.